The number of esters is 2. The standard InChI is InChI=1S/C18H28O7/c1-8-5-11-14(10(7-23-4)17(22)25-11)16(21)18(3)13(20)6-12(15(8)18)24-9(2)19/h8,10-16,20-21H,5-7H2,1-4H3/t8-,10?,11-,12+,13-,14-,15-,16+,18-/m1/s1. The number of rotatable bonds is 3. The normalized spacial score (nSPS) is 49.1. The number of aliphatic hydroxyl groups is 2. The van der Waals surface area contributed by atoms with Crippen molar-refractivity contribution >= 4 is 11.9 Å². The van der Waals surface area contributed by atoms with Gasteiger partial charge in [-0.05, 0) is 12.3 Å². The fourth-order valence-corrected chi connectivity index (χ4v) is 5.60. The van der Waals surface area contributed by atoms with Gasteiger partial charge in [-0.15, -0.1) is 0 Å². The molecule has 0 aromatic heterocycles. The van der Waals surface area contributed by atoms with Gasteiger partial charge in [-0.2, -0.15) is 0 Å². The molecule has 1 aliphatic heterocycles. The van der Waals surface area contributed by atoms with Crippen LogP contribution in [0.5, 0.6) is 0 Å². The Bertz CT molecular complexity index is 550. The molecule has 0 aromatic carbocycles. The lowest BCUT2D eigenvalue weighted by Crippen LogP contribution is -2.50. The summed E-state index contributed by atoms with van der Waals surface area (Å²) >= 11 is 0. The second kappa shape index (κ2) is 6.52. The van der Waals surface area contributed by atoms with Gasteiger partial charge in [-0.3, -0.25) is 9.59 Å². The molecule has 3 rings (SSSR count). The maximum absolute atomic E-state index is 12.2. The predicted molar refractivity (Wildman–Crippen MR) is 86.3 cm³/mol. The number of hydrogen-bond acceptors (Lipinski definition) is 7. The van der Waals surface area contributed by atoms with Gasteiger partial charge in [0.05, 0.1) is 24.7 Å². The molecule has 2 N–H and O–H groups in total. The lowest BCUT2D eigenvalue weighted by molar-refractivity contribution is -0.153. The van der Waals surface area contributed by atoms with Crippen molar-refractivity contribution < 1.29 is 34.0 Å². The van der Waals surface area contributed by atoms with Crippen LogP contribution in [0, 0.1) is 29.1 Å². The van der Waals surface area contributed by atoms with Crippen molar-refractivity contribution in [3.05, 3.63) is 0 Å². The van der Waals surface area contributed by atoms with Crippen molar-refractivity contribution in [3.8, 4) is 0 Å². The minimum absolute atomic E-state index is 0.0187. The van der Waals surface area contributed by atoms with Gasteiger partial charge in [0.1, 0.15) is 12.2 Å². The summed E-state index contributed by atoms with van der Waals surface area (Å²) in [7, 11) is 1.51. The Kier molecular flexibility index (Phi) is 4.85. The topological polar surface area (TPSA) is 102 Å². The summed E-state index contributed by atoms with van der Waals surface area (Å²) in [5.41, 5.74) is -0.876. The molecule has 0 radical (unpaired) electrons. The molecule has 0 aromatic rings. The molecule has 0 amide bonds. The Morgan fingerprint density at radius 3 is 2.64 bits per heavy atom. The Balaban J connectivity index is 1.99. The van der Waals surface area contributed by atoms with Crippen molar-refractivity contribution in [3.63, 3.8) is 0 Å². The number of carbonyl (C=O) groups excluding carboxylic acids is 2. The molecule has 1 saturated heterocycles. The van der Waals surface area contributed by atoms with E-state index in [0.29, 0.717) is 12.8 Å². The Labute approximate surface area is 147 Å². The van der Waals surface area contributed by atoms with Gasteiger partial charge in [-0.1, -0.05) is 13.8 Å². The fraction of sp³-hybridized carbons (Fsp3) is 0.889. The summed E-state index contributed by atoms with van der Waals surface area (Å²) in [6, 6.07) is 0. The van der Waals surface area contributed by atoms with E-state index in [1.54, 1.807) is 0 Å². The van der Waals surface area contributed by atoms with Crippen LogP contribution in [0.4, 0.5) is 0 Å². The predicted octanol–water partition coefficient (Wildman–Crippen LogP) is 0.510. The van der Waals surface area contributed by atoms with Crippen LogP contribution in [-0.4, -0.2) is 60.3 Å². The number of hydrogen-bond donors (Lipinski definition) is 2. The third-order valence-electron chi connectivity index (χ3n) is 6.64. The highest BCUT2D eigenvalue weighted by Crippen LogP contribution is 2.57. The molecule has 7 nitrogen and oxygen atoms in total. The molecule has 2 saturated carbocycles. The quantitative estimate of drug-likeness (QED) is 0.710. The summed E-state index contributed by atoms with van der Waals surface area (Å²) in [6.07, 6.45) is -1.77. The third kappa shape index (κ3) is 2.76. The van der Waals surface area contributed by atoms with Gasteiger partial charge in [-0.25, -0.2) is 0 Å². The zero-order valence-electron chi connectivity index (χ0n) is 15.2. The number of fused-ring (bicyclic) bond motifs is 2. The molecular formula is C18H28O7. The van der Waals surface area contributed by atoms with Gasteiger partial charge >= 0.3 is 11.9 Å². The summed E-state index contributed by atoms with van der Waals surface area (Å²) in [5, 5.41) is 22.0. The average molecular weight is 356 g/mol. The van der Waals surface area contributed by atoms with Crippen LogP contribution in [0.3, 0.4) is 0 Å². The van der Waals surface area contributed by atoms with Crippen molar-refractivity contribution in [2.75, 3.05) is 13.7 Å². The van der Waals surface area contributed by atoms with Crippen LogP contribution >= 0.6 is 0 Å². The second-order valence-electron chi connectivity index (χ2n) is 8.06. The van der Waals surface area contributed by atoms with Crippen molar-refractivity contribution in [1.82, 2.24) is 0 Å². The first-order valence-electron chi connectivity index (χ1n) is 8.94. The van der Waals surface area contributed by atoms with Gasteiger partial charge in [0.15, 0.2) is 0 Å². The van der Waals surface area contributed by atoms with Crippen molar-refractivity contribution in [1.29, 1.82) is 0 Å². The van der Waals surface area contributed by atoms with Gasteiger partial charge in [0, 0.05) is 37.7 Å². The summed E-state index contributed by atoms with van der Waals surface area (Å²) in [5.74, 6) is -1.91. The monoisotopic (exact) mass is 356 g/mol. The van der Waals surface area contributed by atoms with Crippen molar-refractivity contribution in [2.45, 2.75) is 58.0 Å². The molecule has 1 unspecified atom stereocenters. The SMILES string of the molecule is COCC1C(=O)O[C@@H]2C[C@@H](C)[C@@H]3[C@@H](OC(C)=O)C[C@@H](O)[C@@]3(C)[C@@H](O)[C@H]12. The maximum Gasteiger partial charge on any atom is 0.312 e. The summed E-state index contributed by atoms with van der Waals surface area (Å²) < 4.78 is 16.2. The molecule has 3 aliphatic rings. The van der Waals surface area contributed by atoms with Crippen LogP contribution in [0.15, 0.2) is 0 Å². The van der Waals surface area contributed by atoms with Crippen LogP contribution in [-0.2, 0) is 23.8 Å². The van der Waals surface area contributed by atoms with E-state index in [9.17, 15) is 19.8 Å². The van der Waals surface area contributed by atoms with E-state index >= 15 is 0 Å². The van der Waals surface area contributed by atoms with Gasteiger partial charge < -0.3 is 24.4 Å². The molecule has 0 bridgehead atoms. The zero-order chi connectivity index (χ0) is 18.5. The third-order valence-corrected chi connectivity index (χ3v) is 6.64. The first-order chi connectivity index (χ1) is 11.7. The second-order valence-corrected chi connectivity index (χ2v) is 8.06. The first kappa shape index (κ1) is 18.6. The maximum atomic E-state index is 12.2. The average Bonchev–Trinajstić information content (AvgIpc) is 2.91. The first-order valence-corrected chi connectivity index (χ1v) is 8.94. The van der Waals surface area contributed by atoms with E-state index in [0.717, 1.165) is 0 Å². The molecule has 9 atom stereocenters. The molecular weight excluding hydrogens is 328 g/mol. The van der Waals surface area contributed by atoms with Crippen molar-refractivity contribution in [2.24, 2.45) is 29.1 Å². The van der Waals surface area contributed by atoms with Crippen LogP contribution in [0.1, 0.15) is 33.6 Å². The van der Waals surface area contributed by atoms with E-state index in [1.807, 2.05) is 13.8 Å². The number of aliphatic hydroxyl groups excluding tert-OH is 2. The van der Waals surface area contributed by atoms with E-state index in [1.165, 1.54) is 14.0 Å². The fourth-order valence-electron chi connectivity index (χ4n) is 5.60. The molecule has 0 spiro atoms. The highest BCUT2D eigenvalue weighted by atomic mass is 16.6. The molecule has 25 heavy (non-hydrogen) atoms. The number of methoxy groups -OCH3 is 1. The molecule has 7 heteroatoms. The van der Waals surface area contributed by atoms with Gasteiger partial charge in [0.25, 0.3) is 0 Å². The van der Waals surface area contributed by atoms with Crippen LogP contribution in [0.25, 0.3) is 0 Å². The lowest BCUT2D eigenvalue weighted by Gasteiger charge is -2.42. The van der Waals surface area contributed by atoms with Gasteiger partial charge in [0.2, 0.25) is 0 Å². The van der Waals surface area contributed by atoms with E-state index in [2.05, 4.69) is 0 Å². The Morgan fingerprint density at radius 2 is 2.04 bits per heavy atom. The summed E-state index contributed by atoms with van der Waals surface area (Å²) in [4.78, 5) is 23.7. The van der Waals surface area contributed by atoms with E-state index in [-0.39, 0.29) is 24.4 Å². The summed E-state index contributed by atoms with van der Waals surface area (Å²) in [6.45, 7) is 5.37. The number of ether oxygens (including phenoxy) is 3. The smallest absolute Gasteiger partial charge is 0.312 e. The highest BCUT2D eigenvalue weighted by Gasteiger charge is 2.65. The Hall–Kier alpha value is -1.18. The number of carbonyl (C=O) groups is 2. The minimum Gasteiger partial charge on any atom is -0.462 e. The lowest BCUT2D eigenvalue weighted by atomic mass is 9.66. The largest absolute Gasteiger partial charge is 0.462 e. The molecule has 2 aliphatic carbocycles. The van der Waals surface area contributed by atoms with E-state index < -0.39 is 47.6 Å². The molecule has 1 heterocycles. The zero-order valence-corrected chi connectivity index (χ0v) is 15.2. The highest BCUT2D eigenvalue weighted by molar-refractivity contribution is 5.75. The van der Waals surface area contributed by atoms with E-state index in [4.69, 9.17) is 14.2 Å². The minimum atomic E-state index is -0.949. The Morgan fingerprint density at radius 1 is 1.36 bits per heavy atom. The van der Waals surface area contributed by atoms with Crippen LogP contribution < -0.4 is 0 Å². The molecule has 3 fully saturated rings. The van der Waals surface area contributed by atoms with Crippen LogP contribution in [0.2, 0.25) is 0 Å². The molecule has 142 valence electrons.